The van der Waals surface area contributed by atoms with Crippen LogP contribution < -0.4 is 16.0 Å². The van der Waals surface area contributed by atoms with Gasteiger partial charge in [-0.25, -0.2) is 4.98 Å². The zero-order chi connectivity index (χ0) is 33.3. The average Bonchev–Trinajstić information content (AvgIpc) is 3.72. The maximum absolute atomic E-state index is 14.0. The largest absolute Gasteiger partial charge is 0.385 e. The van der Waals surface area contributed by atoms with Crippen LogP contribution in [0.5, 0.6) is 0 Å². The molecule has 10 nitrogen and oxygen atoms in total. The van der Waals surface area contributed by atoms with E-state index in [1.807, 2.05) is 77.4 Å². The van der Waals surface area contributed by atoms with Gasteiger partial charge in [0.25, 0.3) is 5.91 Å². The number of aromatic nitrogens is 4. The first kappa shape index (κ1) is 30.8. The number of likely N-dealkylation sites (tertiary alicyclic amines) is 1. The fraction of sp³-hybridized carbons (Fsp3) is 0.282. The van der Waals surface area contributed by atoms with Crippen LogP contribution in [0.4, 0.5) is 17.1 Å². The van der Waals surface area contributed by atoms with E-state index in [1.165, 1.54) is 25.8 Å². The Labute approximate surface area is 284 Å². The number of imidazole rings is 1. The minimum atomic E-state index is -0.542. The van der Waals surface area contributed by atoms with Crippen LogP contribution in [0.2, 0.25) is 0 Å². The van der Waals surface area contributed by atoms with Gasteiger partial charge in [0.05, 0.1) is 28.4 Å². The Morgan fingerprint density at radius 3 is 2.73 bits per heavy atom. The number of fused-ring (bicyclic) bond motifs is 6. The number of benzene rings is 4. The van der Waals surface area contributed by atoms with Gasteiger partial charge in [0.15, 0.2) is 0 Å². The van der Waals surface area contributed by atoms with Gasteiger partial charge in [0, 0.05) is 53.4 Å². The molecule has 4 heterocycles. The minimum Gasteiger partial charge on any atom is -0.385 e. The Hall–Kier alpha value is -5.48. The van der Waals surface area contributed by atoms with E-state index >= 15 is 0 Å². The maximum atomic E-state index is 14.0. The first-order chi connectivity index (χ1) is 24.0. The number of hydrogen-bond donors (Lipinski definition) is 4. The minimum absolute atomic E-state index is 0.101. The summed E-state index contributed by atoms with van der Waals surface area (Å²) in [5.41, 5.74) is 7.11. The smallest absolute Gasteiger partial charge is 0.255 e. The van der Waals surface area contributed by atoms with Crippen molar-refractivity contribution in [3.8, 4) is 11.4 Å². The topological polar surface area (TPSA) is 120 Å². The molecule has 2 aliphatic heterocycles. The fourth-order valence-corrected chi connectivity index (χ4v) is 7.28. The third-order valence-electron chi connectivity index (χ3n) is 9.95. The van der Waals surface area contributed by atoms with Crippen molar-refractivity contribution < 1.29 is 9.59 Å². The third kappa shape index (κ3) is 6.27. The summed E-state index contributed by atoms with van der Waals surface area (Å²) in [4.78, 5) is 35.1. The Morgan fingerprint density at radius 2 is 1.86 bits per heavy atom. The molecule has 4 N–H and O–H groups in total. The predicted octanol–water partition coefficient (Wildman–Crippen LogP) is 7.24. The van der Waals surface area contributed by atoms with E-state index in [9.17, 15) is 9.59 Å². The van der Waals surface area contributed by atoms with Crippen molar-refractivity contribution in [3.05, 3.63) is 102 Å². The number of nitrogens with zero attached hydrogens (tertiary/aromatic N) is 4. The van der Waals surface area contributed by atoms with E-state index in [2.05, 4.69) is 44.0 Å². The van der Waals surface area contributed by atoms with Gasteiger partial charge in [-0.15, -0.1) is 0 Å². The molecule has 0 radical (unpaired) electrons. The SMILES string of the molecule is CC1CCCCN1CCCNc1ccc2c(c1)-c1nc3cc(C(=O)Nc4ccc5[nH]ncc5c4)ccc3n1[C@@H](Cc1ccccc1)C(=O)N2. The Balaban J connectivity index is 1.11. The zero-order valence-corrected chi connectivity index (χ0v) is 27.6. The van der Waals surface area contributed by atoms with Gasteiger partial charge in [0.2, 0.25) is 5.91 Å². The van der Waals surface area contributed by atoms with E-state index in [1.54, 1.807) is 12.3 Å². The summed E-state index contributed by atoms with van der Waals surface area (Å²) in [5, 5.41) is 17.7. The lowest BCUT2D eigenvalue weighted by molar-refractivity contribution is -0.119. The van der Waals surface area contributed by atoms with Gasteiger partial charge in [-0.1, -0.05) is 36.8 Å². The Morgan fingerprint density at radius 1 is 0.980 bits per heavy atom. The molecule has 0 saturated carbocycles. The van der Waals surface area contributed by atoms with Crippen LogP contribution in [0, 0.1) is 0 Å². The summed E-state index contributed by atoms with van der Waals surface area (Å²) in [7, 11) is 0. The maximum Gasteiger partial charge on any atom is 0.255 e. The molecule has 248 valence electrons. The lowest BCUT2D eigenvalue weighted by Gasteiger charge is -2.33. The van der Waals surface area contributed by atoms with Gasteiger partial charge in [-0.05, 0) is 92.9 Å². The molecule has 2 amide bonds. The number of anilines is 3. The number of carbonyl (C=O) groups is 2. The standard InChI is InChI=1S/C39H40N8O2/c1-25-8-5-6-18-46(25)19-7-17-40-29-12-15-33-31(23-29)37-43-34-22-27(38(48)42-30-13-14-32-28(21-30)24-41-45-32)11-16-35(34)47(37)36(39(49)44-33)20-26-9-3-2-4-10-26/h2-4,9-16,21-25,36,40H,5-8,17-20H2,1H3,(H,41,45)(H,42,48)(H,44,49)/t25?,36-/m0/s1. The van der Waals surface area contributed by atoms with Gasteiger partial charge in [-0.2, -0.15) is 5.10 Å². The van der Waals surface area contributed by atoms with Crippen LogP contribution in [0.25, 0.3) is 33.3 Å². The van der Waals surface area contributed by atoms with Crippen molar-refractivity contribution in [1.29, 1.82) is 0 Å². The molecule has 0 spiro atoms. The lowest BCUT2D eigenvalue weighted by atomic mass is 10.0. The van der Waals surface area contributed by atoms with E-state index in [0.29, 0.717) is 35.1 Å². The van der Waals surface area contributed by atoms with Crippen molar-refractivity contribution in [1.82, 2.24) is 24.6 Å². The number of hydrogen-bond acceptors (Lipinski definition) is 6. The second kappa shape index (κ2) is 13.2. The molecule has 4 aromatic carbocycles. The summed E-state index contributed by atoms with van der Waals surface area (Å²) in [6.07, 6.45) is 7.18. The molecular formula is C39H40N8O2. The summed E-state index contributed by atoms with van der Waals surface area (Å²) < 4.78 is 2.04. The number of H-pyrrole nitrogens is 1. The zero-order valence-electron chi connectivity index (χ0n) is 27.6. The second-order valence-electron chi connectivity index (χ2n) is 13.3. The fourth-order valence-electron chi connectivity index (χ4n) is 7.28. The molecule has 1 unspecified atom stereocenters. The summed E-state index contributed by atoms with van der Waals surface area (Å²) in [6.45, 7) is 5.46. The highest BCUT2D eigenvalue weighted by Gasteiger charge is 2.32. The van der Waals surface area contributed by atoms with Crippen molar-refractivity contribution in [2.75, 3.05) is 35.6 Å². The third-order valence-corrected chi connectivity index (χ3v) is 9.95. The van der Waals surface area contributed by atoms with Crippen LogP contribution in [0.3, 0.4) is 0 Å². The van der Waals surface area contributed by atoms with Crippen LogP contribution in [0.15, 0.2) is 91.1 Å². The van der Waals surface area contributed by atoms with Crippen LogP contribution in [-0.4, -0.2) is 62.1 Å². The highest BCUT2D eigenvalue weighted by Crippen LogP contribution is 2.39. The van der Waals surface area contributed by atoms with Gasteiger partial charge < -0.3 is 25.4 Å². The molecule has 1 fully saturated rings. The van der Waals surface area contributed by atoms with Gasteiger partial charge in [0.1, 0.15) is 11.9 Å². The molecule has 2 aromatic heterocycles. The predicted molar refractivity (Wildman–Crippen MR) is 195 cm³/mol. The number of carbonyl (C=O) groups excluding carboxylic acids is 2. The van der Waals surface area contributed by atoms with Crippen molar-refractivity contribution in [3.63, 3.8) is 0 Å². The molecule has 6 aromatic rings. The van der Waals surface area contributed by atoms with E-state index in [4.69, 9.17) is 4.98 Å². The van der Waals surface area contributed by atoms with Crippen molar-refractivity contribution in [2.24, 2.45) is 0 Å². The number of rotatable bonds is 9. The normalized spacial score (nSPS) is 17.7. The van der Waals surface area contributed by atoms with Crippen LogP contribution >= 0.6 is 0 Å². The summed E-state index contributed by atoms with van der Waals surface area (Å²) in [6, 6.07) is 27.4. The molecule has 2 aliphatic rings. The van der Waals surface area contributed by atoms with Gasteiger partial charge >= 0.3 is 0 Å². The number of piperidine rings is 1. The van der Waals surface area contributed by atoms with E-state index in [0.717, 1.165) is 58.4 Å². The highest BCUT2D eigenvalue weighted by atomic mass is 16.2. The van der Waals surface area contributed by atoms with Gasteiger partial charge in [-0.3, -0.25) is 14.7 Å². The number of aromatic amines is 1. The van der Waals surface area contributed by atoms with E-state index in [-0.39, 0.29) is 11.8 Å². The summed E-state index contributed by atoms with van der Waals surface area (Å²) >= 11 is 0. The molecule has 8 rings (SSSR count). The number of amides is 2. The molecule has 0 bridgehead atoms. The molecule has 10 heteroatoms. The Bertz CT molecular complexity index is 2150. The molecular weight excluding hydrogens is 612 g/mol. The highest BCUT2D eigenvalue weighted by molar-refractivity contribution is 6.07. The van der Waals surface area contributed by atoms with Crippen molar-refractivity contribution >= 4 is 50.8 Å². The second-order valence-corrected chi connectivity index (χ2v) is 13.3. The van der Waals surface area contributed by atoms with E-state index < -0.39 is 6.04 Å². The summed E-state index contributed by atoms with van der Waals surface area (Å²) in [5.74, 6) is 0.353. The first-order valence-corrected chi connectivity index (χ1v) is 17.2. The monoisotopic (exact) mass is 652 g/mol. The first-order valence-electron chi connectivity index (χ1n) is 17.2. The van der Waals surface area contributed by atoms with Crippen molar-refractivity contribution in [2.45, 2.75) is 51.1 Å². The quantitative estimate of drug-likeness (QED) is 0.122. The van der Waals surface area contributed by atoms with Crippen LogP contribution in [-0.2, 0) is 11.2 Å². The van der Waals surface area contributed by atoms with Crippen LogP contribution in [0.1, 0.15) is 54.6 Å². The lowest BCUT2D eigenvalue weighted by Crippen LogP contribution is -2.38. The molecule has 49 heavy (non-hydrogen) atoms. The number of nitrogens with one attached hydrogen (secondary N) is 4. The molecule has 2 atom stereocenters. The molecule has 0 aliphatic carbocycles. The average molecular weight is 653 g/mol. The molecule has 1 saturated heterocycles. The Kier molecular flexibility index (Phi) is 8.30.